The molecule has 1 N–H and O–H groups in total. The Labute approximate surface area is 123 Å². The monoisotopic (exact) mass is 285 g/mol. The number of fused-ring (bicyclic) bond motifs is 5. The molecular formula is C17H16ClNO. The van der Waals surface area contributed by atoms with Gasteiger partial charge in [0.1, 0.15) is 11.5 Å². The molecule has 3 heteroatoms. The molecule has 0 radical (unpaired) electrons. The molecule has 2 aromatic rings. The summed E-state index contributed by atoms with van der Waals surface area (Å²) in [4.78, 5) is 0. The van der Waals surface area contributed by atoms with E-state index in [4.69, 9.17) is 16.3 Å². The standard InChI is InChI=1S/C17H16ClNO/c1-17-10-19-9-14(17)12-8-11(18)6-7-15(12)20-16-5-3-2-4-13(16)17/h2-8,14,19H,9-10H2,1H3/t14-,17-/m1/s1. The lowest BCUT2D eigenvalue weighted by atomic mass is 9.71. The molecule has 2 aliphatic heterocycles. The van der Waals surface area contributed by atoms with Crippen molar-refractivity contribution < 1.29 is 4.74 Å². The highest BCUT2D eigenvalue weighted by Crippen LogP contribution is 2.51. The Kier molecular flexibility index (Phi) is 2.60. The maximum absolute atomic E-state index is 6.20. The number of nitrogens with one attached hydrogen (secondary N) is 1. The van der Waals surface area contributed by atoms with Gasteiger partial charge in [-0.3, -0.25) is 0 Å². The number of rotatable bonds is 0. The van der Waals surface area contributed by atoms with Crippen molar-refractivity contribution in [1.82, 2.24) is 5.32 Å². The molecule has 20 heavy (non-hydrogen) atoms. The second-order valence-corrected chi connectivity index (χ2v) is 6.32. The molecule has 1 saturated heterocycles. The van der Waals surface area contributed by atoms with Crippen LogP contribution >= 0.6 is 11.6 Å². The minimum absolute atomic E-state index is 0.0481. The van der Waals surface area contributed by atoms with Crippen LogP contribution in [0.25, 0.3) is 0 Å². The maximum Gasteiger partial charge on any atom is 0.131 e. The molecule has 0 unspecified atom stereocenters. The molecule has 2 atom stereocenters. The molecule has 2 aromatic carbocycles. The van der Waals surface area contributed by atoms with Gasteiger partial charge < -0.3 is 10.1 Å². The Morgan fingerprint density at radius 3 is 2.95 bits per heavy atom. The van der Waals surface area contributed by atoms with Crippen LogP contribution in [0, 0.1) is 0 Å². The van der Waals surface area contributed by atoms with Crippen LogP contribution in [0.4, 0.5) is 0 Å². The third-order valence-electron chi connectivity index (χ3n) is 4.68. The third-order valence-corrected chi connectivity index (χ3v) is 4.91. The smallest absolute Gasteiger partial charge is 0.131 e. The minimum Gasteiger partial charge on any atom is -0.457 e. The van der Waals surface area contributed by atoms with Gasteiger partial charge in [0, 0.05) is 40.6 Å². The molecule has 0 amide bonds. The van der Waals surface area contributed by atoms with Crippen LogP contribution in [0.5, 0.6) is 11.5 Å². The average Bonchev–Trinajstić information content (AvgIpc) is 2.80. The van der Waals surface area contributed by atoms with Crippen LogP contribution in [-0.2, 0) is 5.41 Å². The average molecular weight is 286 g/mol. The molecular weight excluding hydrogens is 270 g/mol. The molecule has 1 fully saturated rings. The highest BCUT2D eigenvalue weighted by atomic mass is 35.5. The van der Waals surface area contributed by atoms with E-state index in [2.05, 4.69) is 36.5 Å². The lowest BCUT2D eigenvalue weighted by molar-refractivity contribution is 0.457. The van der Waals surface area contributed by atoms with Crippen LogP contribution in [-0.4, -0.2) is 13.1 Å². The van der Waals surface area contributed by atoms with Crippen LogP contribution in [0.1, 0.15) is 24.0 Å². The van der Waals surface area contributed by atoms with Crippen molar-refractivity contribution >= 4 is 11.6 Å². The Bertz CT molecular complexity index is 684. The normalized spacial score (nSPS) is 27.0. The van der Waals surface area contributed by atoms with E-state index in [9.17, 15) is 0 Å². The summed E-state index contributed by atoms with van der Waals surface area (Å²) in [5.41, 5.74) is 2.54. The minimum atomic E-state index is 0.0481. The van der Waals surface area contributed by atoms with E-state index in [1.165, 1.54) is 11.1 Å². The maximum atomic E-state index is 6.20. The fourth-order valence-electron chi connectivity index (χ4n) is 3.59. The first kappa shape index (κ1) is 12.2. The SMILES string of the molecule is C[C@]12CNC[C@@H]1c1cc(Cl)ccc1Oc1ccccc12. The number of para-hydroxylation sites is 1. The molecule has 2 heterocycles. The summed E-state index contributed by atoms with van der Waals surface area (Å²) in [6.07, 6.45) is 0. The molecule has 2 aliphatic rings. The molecule has 0 aromatic heterocycles. The van der Waals surface area contributed by atoms with Gasteiger partial charge in [-0.25, -0.2) is 0 Å². The van der Waals surface area contributed by atoms with E-state index in [0.717, 1.165) is 29.6 Å². The number of hydrogen-bond donors (Lipinski definition) is 1. The second-order valence-electron chi connectivity index (χ2n) is 5.88. The molecule has 4 rings (SSSR count). The summed E-state index contributed by atoms with van der Waals surface area (Å²) in [5, 5.41) is 4.31. The summed E-state index contributed by atoms with van der Waals surface area (Å²) in [6, 6.07) is 14.3. The van der Waals surface area contributed by atoms with Crippen molar-refractivity contribution in [1.29, 1.82) is 0 Å². The van der Waals surface area contributed by atoms with Crippen LogP contribution in [0.15, 0.2) is 42.5 Å². The van der Waals surface area contributed by atoms with Gasteiger partial charge in [-0.2, -0.15) is 0 Å². The zero-order chi connectivity index (χ0) is 13.7. The lowest BCUT2D eigenvalue weighted by Crippen LogP contribution is -2.29. The second kappa shape index (κ2) is 4.24. The van der Waals surface area contributed by atoms with E-state index in [0.29, 0.717) is 5.92 Å². The van der Waals surface area contributed by atoms with Gasteiger partial charge in [0.15, 0.2) is 0 Å². The third kappa shape index (κ3) is 1.62. The van der Waals surface area contributed by atoms with Crippen molar-refractivity contribution in [3.05, 3.63) is 58.6 Å². The van der Waals surface area contributed by atoms with Crippen molar-refractivity contribution in [2.45, 2.75) is 18.3 Å². The Hall–Kier alpha value is -1.51. The van der Waals surface area contributed by atoms with Crippen molar-refractivity contribution in [3.63, 3.8) is 0 Å². The van der Waals surface area contributed by atoms with E-state index < -0.39 is 0 Å². The molecule has 0 aliphatic carbocycles. The summed E-state index contributed by atoms with van der Waals surface area (Å²) < 4.78 is 6.17. The summed E-state index contributed by atoms with van der Waals surface area (Å²) in [7, 11) is 0. The van der Waals surface area contributed by atoms with Gasteiger partial charge in [0.25, 0.3) is 0 Å². The summed E-state index contributed by atoms with van der Waals surface area (Å²) in [6.45, 7) is 4.24. The summed E-state index contributed by atoms with van der Waals surface area (Å²) in [5.74, 6) is 2.28. The van der Waals surface area contributed by atoms with Gasteiger partial charge in [-0.05, 0) is 24.3 Å². The Balaban J connectivity index is 2.00. The first-order valence-electron chi connectivity index (χ1n) is 6.96. The van der Waals surface area contributed by atoms with Gasteiger partial charge in [-0.1, -0.05) is 36.7 Å². The Morgan fingerprint density at radius 1 is 1.20 bits per heavy atom. The lowest BCUT2D eigenvalue weighted by Gasteiger charge is -2.30. The van der Waals surface area contributed by atoms with Crippen molar-refractivity contribution in [2.24, 2.45) is 0 Å². The molecule has 2 nitrogen and oxygen atoms in total. The van der Waals surface area contributed by atoms with Crippen LogP contribution in [0.3, 0.4) is 0 Å². The van der Waals surface area contributed by atoms with Gasteiger partial charge >= 0.3 is 0 Å². The van der Waals surface area contributed by atoms with E-state index >= 15 is 0 Å². The van der Waals surface area contributed by atoms with Gasteiger partial charge in [0.2, 0.25) is 0 Å². The number of hydrogen-bond acceptors (Lipinski definition) is 2. The van der Waals surface area contributed by atoms with Crippen molar-refractivity contribution in [3.8, 4) is 11.5 Å². The van der Waals surface area contributed by atoms with Crippen LogP contribution < -0.4 is 10.1 Å². The number of benzene rings is 2. The highest BCUT2D eigenvalue weighted by Gasteiger charge is 2.45. The molecule has 0 saturated carbocycles. The van der Waals surface area contributed by atoms with E-state index in [1.807, 2.05) is 18.2 Å². The summed E-state index contributed by atoms with van der Waals surface area (Å²) >= 11 is 6.20. The number of halogens is 1. The molecule has 0 spiro atoms. The number of ether oxygens (including phenoxy) is 1. The fraction of sp³-hybridized carbons (Fsp3) is 0.294. The largest absolute Gasteiger partial charge is 0.457 e. The van der Waals surface area contributed by atoms with E-state index in [-0.39, 0.29) is 5.41 Å². The highest BCUT2D eigenvalue weighted by molar-refractivity contribution is 6.30. The molecule has 102 valence electrons. The molecule has 0 bridgehead atoms. The first-order valence-corrected chi connectivity index (χ1v) is 7.34. The van der Waals surface area contributed by atoms with Crippen molar-refractivity contribution in [2.75, 3.05) is 13.1 Å². The predicted molar refractivity (Wildman–Crippen MR) is 80.9 cm³/mol. The quantitative estimate of drug-likeness (QED) is 0.787. The zero-order valence-corrected chi connectivity index (χ0v) is 12.1. The van der Waals surface area contributed by atoms with Crippen LogP contribution in [0.2, 0.25) is 5.02 Å². The van der Waals surface area contributed by atoms with Gasteiger partial charge in [-0.15, -0.1) is 0 Å². The first-order chi connectivity index (χ1) is 9.68. The zero-order valence-electron chi connectivity index (χ0n) is 11.3. The topological polar surface area (TPSA) is 21.3 Å². The van der Waals surface area contributed by atoms with E-state index in [1.54, 1.807) is 0 Å². The predicted octanol–water partition coefficient (Wildman–Crippen LogP) is 4.09. The fourth-order valence-corrected chi connectivity index (χ4v) is 3.77. The van der Waals surface area contributed by atoms with Gasteiger partial charge in [0.05, 0.1) is 0 Å². The Morgan fingerprint density at radius 2 is 2.05 bits per heavy atom.